The van der Waals surface area contributed by atoms with Gasteiger partial charge in [-0.05, 0) is 12.8 Å². The highest BCUT2D eigenvalue weighted by Gasteiger charge is 2.13. The van der Waals surface area contributed by atoms with Gasteiger partial charge in [-0.3, -0.25) is 4.79 Å². The molecule has 0 saturated carbocycles. The second-order valence-electron chi connectivity index (χ2n) is 6.30. The van der Waals surface area contributed by atoms with E-state index in [0.29, 0.717) is 13.2 Å². The molecule has 0 heterocycles. The maximum absolute atomic E-state index is 10.9. The van der Waals surface area contributed by atoms with Crippen LogP contribution in [0.5, 0.6) is 0 Å². The Balaban J connectivity index is 3.62. The van der Waals surface area contributed by atoms with Gasteiger partial charge in [-0.2, -0.15) is 0 Å². The molecule has 0 aromatic rings. The molecular weight excluding hydrogens is 292 g/mol. The van der Waals surface area contributed by atoms with E-state index in [-0.39, 0.29) is 6.42 Å². The summed E-state index contributed by atoms with van der Waals surface area (Å²) in [6.07, 6.45) is 13.8. The van der Waals surface area contributed by atoms with E-state index < -0.39 is 12.3 Å². The summed E-state index contributed by atoms with van der Waals surface area (Å²) < 4.78 is 11.2. The number of carboxylic acid groups (broad SMARTS) is 1. The monoisotopic (exact) mass is 330 g/mol. The van der Waals surface area contributed by atoms with Crippen LogP contribution in [0.3, 0.4) is 0 Å². The van der Waals surface area contributed by atoms with Crippen LogP contribution >= 0.6 is 0 Å². The van der Waals surface area contributed by atoms with Crippen molar-refractivity contribution >= 4 is 5.97 Å². The lowest BCUT2D eigenvalue weighted by atomic mass is 10.1. The summed E-state index contributed by atoms with van der Waals surface area (Å²) in [4.78, 5) is 10.9. The van der Waals surface area contributed by atoms with Gasteiger partial charge in [-0.25, -0.2) is 0 Å². The van der Waals surface area contributed by atoms with E-state index in [2.05, 4.69) is 13.8 Å². The molecule has 0 aromatic carbocycles. The van der Waals surface area contributed by atoms with Crippen molar-refractivity contribution in [1.29, 1.82) is 0 Å². The highest BCUT2D eigenvalue weighted by Crippen LogP contribution is 2.09. The molecule has 0 saturated heterocycles. The third-order valence-electron chi connectivity index (χ3n) is 3.94. The Morgan fingerprint density at radius 2 is 1.13 bits per heavy atom. The van der Waals surface area contributed by atoms with Crippen LogP contribution in [0, 0.1) is 0 Å². The third kappa shape index (κ3) is 17.6. The molecule has 0 aliphatic heterocycles. The van der Waals surface area contributed by atoms with E-state index in [4.69, 9.17) is 14.6 Å². The molecular formula is C19H38O4. The minimum atomic E-state index is -0.860. The normalized spacial score (nSPS) is 11.3. The number of ether oxygens (including phenoxy) is 2. The molecule has 4 nitrogen and oxygen atoms in total. The predicted octanol–water partition coefficient (Wildman–Crippen LogP) is 5.54. The summed E-state index contributed by atoms with van der Waals surface area (Å²) in [5, 5.41) is 8.92. The largest absolute Gasteiger partial charge is 0.481 e. The Morgan fingerprint density at radius 3 is 1.52 bits per heavy atom. The van der Waals surface area contributed by atoms with Crippen molar-refractivity contribution < 1.29 is 19.4 Å². The van der Waals surface area contributed by atoms with Crippen molar-refractivity contribution in [2.75, 3.05) is 13.2 Å². The summed E-state index contributed by atoms with van der Waals surface area (Å²) in [5.41, 5.74) is 0. The highest BCUT2D eigenvalue weighted by molar-refractivity contribution is 5.67. The second kappa shape index (κ2) is 17.7. The molecule has 0 atom stereocenters. The Bertz CT molecular complexity index is 238. The van der Waals surface area contributed by atoms with Gasteiger partial charge in [0.2, 0.25) is 0 Å². The number of hydrogen-bond donors (Lipinski definition) is 1. The van der Waals surface area contributed by atoms with Crippen molar-refractivity contribution in [2.24, 2.45) is 0 Å². The third-order valence-corrected chi connectivity index (χ3v) is 3.94. The van der Waals surface area contributed by atoms with Crippen LogP contribution in [0.4, 0.5) is 0 Å². The van der Waals surface area contributed by atoms with Crippen molar-refractivity contribution in [3.8, 4) is 0 Å². The number of carbonyl (C=O) groups is 1. The second-order valence-corrected chi connectivity index (χ2v) is 6.30. The Hall–Kier alpha value is -0.610. The minimum absolute atomic E-state index is 0.0638. The van der Waals surface area contributed by atoms with E-state index in [1.807, 2.05) is 0 Å². The van der Waals surface area contributed by atoms with E-state index >= 15 is 0 Å². The predicted molar refractivity (Wildman–Crippen MR) is 94.7 cm³/mol. The fraction of sp³-hybridized carbons (Fsp3) is 0.947. The molecule has 0 fully saturated rings. The summed E-state index contributed by atoms with van der Waals surface area (Å²) in [6.45, 7) is 5.61. The minimum Gasteiger partial charge on any atom is -0.481 e. The zero-order valence-electron chi connectivity index (χ0n) is 15.4. The topological polar surface area (TPSA) is 55.8 Å². The zero-order chi connectivity index (χ0) is 17.2. The number of aliphatic carboxylic acids is 1. The molecule has 0 aromatic heterocycles. The molecule has 0 amide bonds. The first-order valence-corrected chi connectivity index (χ1v) is 9.65. The molecule has 0 radical (unpaired) electrons. The molecule has 0 bridgehead atoms. The highest BCUT2D eigenvalue weighted by atomic mass is 16.7. The molecule has 23 heavy (non-hydrogen) atoms. The summed E-state index contributed by atoms with van der Waals surface area (Å²) in [7, 11) is 0. The standard InChI is InChI=1S/C19H38O4/c1-3-5-7-9-11-13-15-22-19(17-18(20)21)23-16-14-12-10-8-6-4-2/h19H,3-17H2,1-2H3,(H,20,21). The first kappa shape index (κ1) is 22.4. The molecule has 0 aliphatic carbocycles. The molecule has 138 valence electrons. The molecule has 1 N–H and O–H groups in total. The number of hydrogen-bond acceptors (Lipinski definition) is 3. The van der Waals surface area contributed by atoms with Crippen molar-refractivity contribution in [3.63, 3.8) is 0 Å². The van der Waals surface area contributed by atoms with Gasteiger partial charge in [0.1, 0.15) is 0 Å². The van der Waals surface area contributed by atoms with Gasteiger partial charge in [0.25, 0.3) is 0 Å². The van der Waals surface area contributed by atoms with Crippen molar-refractivity contribution in [3.05, 3.63) is 0 Å². The van der Waals surface area contributed by atoms with E-state index in [0.717, 1.165) is 25.7 Å². The van der Waals surface area contributed by atoms with Crippen LogP contribution in [0.15, 0.2) is 0 Å². The summed E-state index contributed by atoms with van der Waals surface area (Å²) >= 11 is 0. The molecule has 0 spiro atoms. The molecule has 0 aliphatic rings. The van der Waals surface area contributed by atoms with Gasteiger partial charge in [0.15, 0.2) is 6.29 Å². The van der Waals surface area contributed by atoms with Gasteiger partial charge in [-0.1, -0.05) is 78.1 Å². The first-order chi connectivity index (χ1) is 11.2. The van der Waals surface area contributed by atoms with E-state index in [9.17, 15) is 4.79 Å². The van der Waals surface area contributed by atoms with Crippen molar-refractivity contribution in [1.82, 2.24) is 0 Å². The fourth-order valence-electron chi connectivity index (χ4n) is 2.50. The lowest BCUT2D eigenvalue weighted by Gasteiger charge is -2.17. The lowest BCUT2D eigenvalue weighted by Crippen LogP contribution is -2.22. The first-order valence-electron chi connectivity index (χ1n) is 9.65. The van der Waals surface area contributed by atoms with Crippen LogP contribution in [-0.2, 0) is 14.3 Å². The van der Waals surface area contributed by atoms with E-state index in [1.165, 1.54) is 51.4 Å². The van der Waals surface area contributed by atoms with Gasteiger partial charge >= 0.3 is 5.97 Å². The maximum atomic E-state index is 10.9. The zero-order valence-corrected chi connectivity index (χ0v) is 15.4. The van der Waals surface area contributed by atoms with E-state index in [1.54, 1.807) is 0 Å². The maximum Gasteiger partial charge on any atom is 0.308 e. The summed E-state index contributed by atoms with van der Waals surface area (Å²) in [6, 6.07) is 0. The molecule has 4 heteroatoms. The van der Waals surface area contributed by atoms with Crippen LogP contribution in [-0.4, -0.2) is 30.6 Å². The molecule has 0 unspecified atom stereocenters. The van der Waals surface area contributed by atoms with Crippen LogP contribution in [0.25, 0.3) is 0 Å². The average Bonchev–Trinajstić information content (AvgIpc) is 2.52. The van der Waals surface area contributed by atoms with Crippen molar-refractivity contribution in [2.45, 2.75) is 104 Å². The Labute approximate surface area is 142 Å². The number of carboxylic acids is 1. The van der Waals surface area contributed by atoms with Crippen LogP contribution in [0.2, 0.25) is 0 Å². The Kier molecular flexibility index (Phi) is 17.3. The molecule has 0 rings (SSSR count). The number of rotatable bonds is 18. The Morgan fingerprint density at radius 1 is 0.739 bits per heavy atom. The SMILES string of the molecule is CCCCCCCCOC(CC(=O)O)OCCCCCCCC. The van der Waals surface area contributed by atoms with Gasteiger partial charge in [0, 0.05) is 13.2 Å². The van der Waals surface area contributed by atoms with Gasteiger partial charge < -0.3 is 14.6 Å². The van der Waals surface area contributed by atoms with Crippen LogP contribution in [0.1, 0.15) is 97.3 Å². The van der Waals surface area contributed by atoms with Crippen LogP contribution < -0.4 is 0 Å². The lowest BCUT2D eigenvalue weighted by molar-refractivity contribution is -0.167. The number of unbranched alkanes of at least 4 members (excludes halogenated alkanes) is 10. The average molecular weight is 331 g/mol. The van der Waals surface area contributed by atoms with Gasteiger partial charge in [0.05, 0.1) is 6.42 Å². The van der Waals surface area contributed by atoms with Gasteiger partial charge in [-0.15, -0.1) is 0 Å². The smallest absolute Gasteiger partial charge is 0.308 e. The fourth-order valence-corrected chi connectivity index (χ4v) is 2.50. The summed E-state index contributed by atoms with van der Waals surface area (Å²) in [5.74, 6) is -0.860. The quantitative estimate of drug-likeness (QED) is 0.265.